The Balaban J connectivity index is 0. The molecule has 28 heavy (non-hydrogen) atoms. The molecule has 0 aliphatic carbocycles. The molecule has 0 amide bonds. The number of hydrogen-bond acceptors (Lipinski definition) is 5. The number of rotatable bonds is 18. The summed E-state index contributed by atoms with van der Waals surface area (Å²) in [6, 6.07) is 0. The molecule has 5 nitrogen and oxygen atoms in total. The first-order chi connectivity index (χ1) is 12.7. The molecule has 0 aromatic heterocycles. The minimum atomic E-state index is -4.88. The van der Waals surface area contributed by atoms with Crippen molar-refractivity contribution in [3.05, 3.63) is 12.2 Å². The molecule has 0 aromatic carbocycles. The average Bonchev–Trinajstić information content (AvgIpc) is 2.57. The Labute approximate surface area is 194 Å². The summed E-state index contributed by atoms with van der Waals surface area (Å²) in [6.45, 7) is 3.12. The van der Waals surface area contributed by atoms with E-state index < -0.39 is 21.5 Å². The smallest absolute Gasteiger partial charge is 0.746 e. The SMILES string of the molecule is CCCCCCCC/C=C\CCCCCCCC(=O)CC(C)(O)S(=O)(=O)[O-].[Na+]. The molecule has 0 saturated carbocycles. The number of unbranched alkanes of at least 4 members (excludes halogenated alkanes) is 11. The number of carbonyl (C=O) groups excluding carboxylic acids is 1. The van der Waals surface area contributed by atoms with Crippen LogP contribution in [-0.2, 0) is 14.9 Å². The van der Waals surface area contributed by atoms with E-state index in [2.05, 4.69) is 19.1 Å². The second-order valence-electron chi connectivity index (χ2n) is 7.68. The normalized spacial score (nSPS) is 14.0. The Kier molecular flexibility index (Phi) is 19.7. The zero-order valence-electron chi connectivity index (χ0n) is 18.2. The molecule has 0 spiro atoms. The van der Waals surface area contributed by atoms with Crippen molar-refractivity contribution >= 4 is 15.9 Å². The summed E-state index contributed by atoms with van der Waals surface area (Å²) in [7, 11) is -4.88. The molecular weight excluding hydrogens is 387 g/mol. The Morgan fingerprint density at radius 3 is 1.79 bits per heavy atom. The molecule has 0 fully saturated rings. The van der Waals surface area contributed by atoms with Crippen LogP contribution in [-0.4, -0.2) is 28.8 Å². The van der Waals surface area contributed by atoms with Crippen molar-refractivity contribution in [1.82, 2.24) is 0 Å². The quantitative estimate of drug-likeness (QED) is 0.157. The molecule has 1 N–H and O–H groups in total. The molecule has 0 bridgehead atoms. The number of hydrogen-bond donors (Lipinski definition) is 1. The third-order valence-corrected chi connectivity index (χ3v) is 6.00. The molecule has 0 saturated heterocycles. The van der Waals surface area contributed by atoms with Gasteiger partial charge in [0.2, 0.25) is 0 Å². The van der Waals surface area contributed by atoms with Gasteiger partial charge in [-0.2, -0.15) is 0 Å². The number of ketones is 1. The molecule has 0 heterocycles. The molecule has 7 heteroatoms. The van der Waals surface area contributed by atoms with Crippen molar-refractivity contribution in [1.29, 1.82) is 0 Å². The second kappa shape index (κ2) is 18.1. The molecule has 1 atom stereocenters. The van der Waals surface area contributed by atoms with Gasteiger partial charge in [0.25, 0.3) is 0 Å². The van der Waals surface area contributed by atoms with E-state index in [1.807, 2.05) is 0 Å². The van der Waals surface area contributed by atoms with Crippen molar-refractivity contribution in [3.8, 4) is 0 Å². The Morgan fingerprint density at radius 1 is 0.893 bits per heavy atom. The van der Waals surface area contributed by atoms with Crippen LogP contribution in [0.4, 0.5) is 0 Å². The van der Waals surface area contributed by atoms with E-state index in [0.717, 1.165) is 39.0 Å². The predicted octanol–water partition coefficient (Wildman–Crippen LogP) is 2.24. The third-order valence-electron chi connectivity index (χ3n) is 4.78. The van der Waals surface area contributed by atoms with E-state index in [9.17, 15) is 22.9 Å². The van der Waals surface area contributed by atoms with Gasteiger partial charge in [0.15, 0.2) is 4.93 Å². The first-order valence-electron chi connectivity index (χ1n) is 10.5. The van der Waals surface area contributed by atoms with Gasteiger partial charge in [-0.3, -0.25) is 4.79 Å². The first-order valence-corrected chi connectivity index (χ1v) is 12.0. The van der Waals surface area contributed by atoms with Crippen LogP contribution in [0.3, 0.4) is 0 Å². The maximum absolute atomic E-state index is 11.7. The van der Waals surface area contributed by atoms with Crippen molar-refractivity contribution < 1.29 is 52.4 Å². The van der Waals surface area contributed by atoms with Crippen LogP contribution >= 0.6 is 0 Å². The van der Waals surface area contributed by atoms with Crippen molar-refractivity contribution in [2.75, 3.05) is 0 Å². The minimum Gasteiger partial charge on any atom is -0.746 e. The zero-order valence-corrected chi connectivity index (χ0v) is 21.1. The molecule has 0 aliphatic heterocycles. The van der Waals surface area contributed by atoms with Crippen LogP contribution in [0.25, 0.3) is 0 Å². The molecule has 0 rings (SSSR count). The summed E-state index contributed by atoms with van der Waals surface area (Å²) >= 11 is 0. The summed E-state index contributed by atoms with van der Waals surface area (Å²) in [5, 5.41) is 9.52. The predicted molar refractivity (Wildman–Crippen MR) is 109 cm³/mol. The largest absolute Gasteiger partial charge is 1.00 e. The fraction of sp³-hybridized carbons (Fsp3) is 0.857. The molecule has 0 aromatic rings. The van der Waals surface area contributed by atoms with Gasteiger partial charge in [0, 0.05) is 12.8 Å². The summed E-state index contributed by atoms with van der Waals surface area (Å²) in [6.07, 6.45) is 19.3. The topological polar surface area (TPSA) is 94.5 Å². The average molecular weight is 427 g/mol. The number of aliphatic hydroxyl groups is 1. The third kappa shape index (κ3) is 17.2. The second-order valence-corrected chi connectivity index (χ2v) is 9.47. The molecular formula is C21H39NaO5S. The Bertz CT molecular complexity index is 515. The number of allylic oxidation sites excluding steroid dienone is 2. The fourth-order valence-corrected chi connectivity index (χ4v) is 3.27. The minimum absolute atomic E-state index is 0. The first kappa shape index (κ1) is 30.5. The number of Topliss-reactive ketones (excluding diaryl/α,β-unsaturated/α-hetero) is 1. The monoisotopic (exact) mass is 426 g/mol. The van der Waals surface area contributed by atoms with Crippen molar-refractivity contribution in [2.24, 2.45) is 0 Å². The van der Waals surface area contributed by atoms with E-state index in [0.29, 0.717) is 6.42 Å². The van der Waals surface area contributed by atoms with Gasteiger partial charge in [-0.15, -0.1) is 0 Å². The van der Waals surface area contributed by atoms with Crippen molar-refractivity contribution in [2.45, 2.75) is 115 Å². The van der Waals surface area contributed by atoms with Crippen LogP contribution < -0.4 is 29.6 Å². The summed E-state index contributed by atoms with van der Waals surface area (Å²) in [4.78, 5) is 9.17. The Morgan fingerprint density at radius 2 is 1.32 bits per heavy atom. The van der Waals surface area contributed by atoms with Gasteiger partial charge in [-0.25, -0.2) is 8.42 Å². The maximum Gasteiger partial charge on any atom is 1.00 e. The molecule has 1 unspecified atom stereocenters. The van der Waals surface area contributed by atoms with E-state index in [1.54, 1.807) is 0 Å². The maximum atomic E-state index is 11.7. The van der Waals surface area contributed by atoms with E-state index >= 15 is 0 Å². The van der Waals surface area contributed by atoms with Gasteiger partial charge in [-0.05, 0) is 39.0 Å². The Hall–Kier alpha value is 0.280. The van der Waals surface area contributed by atoms with Gasteiger partial charge >= 0.3 is 29.6 Å². The van der Waals surface area contributed by atoms with E-state index in [4.69, 9.17) is 0 Å². The summed E-state index contributed by atoms with van der Waals surface area (Å²) in [5.74, 6) is -0.378. The van der Waals surface area contributed by atoms with Crippen molar-refractivity contribution in [3.63, 3.8) is 0 Å². The number of carbonyl (C=O) groups is 1. The standard InChI is InChI=1S/C21H40O5S.Na/c1-3-4-5-6-7-8-9-10-11-12-13-14-15-16-17-18-20(22)19-21(2,23)27(24,25)26;/h10-11,23H,3-9,12-19H2,1-2H3,(H,24,25,26);/q;+1/p-1/b11-10-;. The van der Waals surface area contributed by atoms with Gasteiger partial charge in [0.1, 0.15) is 15.9 Å². The molecule has 0 aliphatic rings. The fourth-order valence-electron chi connectivity index (χ4n) is 2.94. The summed E-state index contributed by atoms with van der Waals surface area (Å²) < 4.78 is 32.5. The van der Waals surface area contributed by atoms with Crippen LogP contribution in [0.2, 0.25) is 0 Å². The van der Waals surface area contributed by atoms with Crippen LogP contribution in [0, 0.1) is 0 Å². The van der Waals surface area contributed by atoms with Crippen LogP contribution in [0.15, 0.2) is 12.2 Å². The summed E-state index contributed by atoms with van der Waals surface area (Å²) in [5.41, 5.74) is 0. The van der Waals surface area contributed by atoms with Crippen LogP contribution in [0.1, 0.15) is 110 Å². The van der Waals surface area contributed by atoms with E-state index in [1.165, 1.54) is 44.9 Å². The van der Waals surface area contributed by atoms with Gasteiger partial charge in [0.05, 0.1) is 0 Å². The molecule has 0 radical (unpaired) electrons. The van der Waals surface area contributed by atoms with Crippen LogP contribution in [0.5, 0.6) is 0 Å². The zero-order chi connectivity index (χ0) is 20.6. The van der Waals surface area contributed by atoms with E-state index in [-0.39, 0.29) is 41.8 Å². The van der Waals surface area contributed by atoms with Gasteiger partial charge in [-0.1, -0.05) is 70.4 Å². The van der Waals surface area contributed by atoms with Gasteiger partial charge < -0.3 is 9.66 Å². The molecule has 160 valence electrons.